The van der Waals surface area contributed by atoms with Gasteiger partial charge in [0.2, 0.25) is 0 Å². The molecule has 0 aliphatic carbocycles. The fraction of sp³-hybridized carbons (Fsp3) is 0.741. The average Bonchev–Trinajstić information content (AvgIpc) is 3.29. The van der Waals surface area contributed by atoms with Crippen molar-refractivity contribution >= 4 is 17.9 Å². The van der Waals surface area contributed by atoms with Gasteiger partial charge in [-0.15, -0.1) is 0 Å². The van der Waals surface area contributed by atoms with E-state index in [1.165, 1.54) is 96.3 Å². The first-order valence-electron chi connectivity index (χ1n) is 27.1. The van der Waals surface area contributed by atoms with Crippen molar-refractivity contribution in [3.63, 3.8) is 0 Å². The maximum Gasteiger partial charge on any atom is 0.361 e. The number of nitrogens with zero attached hydrogens (tertiary/aromatic N) is 1. The Hall–Kier alpha value is -3.27. The van der Waals surface area contributed by atoms with E-state index < -0.39 is 24.3 Å². The maximum absolute atomic E-state index is 12.8. The largest absolute Gasteiger partial charge is 0.477 e. The molecule has 9 heteroatoms. The Balaban J connectivity index is 4.13. The van der Waals surface area contributed by atoms with Crippen LogP contribution in [-0.4, -0.2) is 87.4 Å². The number of unbranched alkanes of at least 4 members (excludes halogenated alkanes) is 22. The van der Waals surface area contributed by atoms with E-state index in [1.807, 2.05) is 21.1 Å². The Morgan fingerprint density at radius 2 is 0.851 bits per heavy atom. The Kier molecular flexibility index (Phi) is 46.8. The van der Waals surface area contributed by atoms with Crippen molar-refractivity contribution in [2.24, 2.45) is 0 Å². The zero-order valence-electron chi connectivity index (χ0n) is 43.8. The number of ether oxygens (including phenoxy) is 4. The lowest BCUT2D eigenvalue weighted by molar-refractivity contribution is -0.870. The smallest absolute Gasteiger partial charge is 0.361 e. The predicted molar refractivity (Wildman–Crippen MR) is 281 cm³/mol. The van der Waals surface area contributed by atoms with Crippen LogP contribution in [0.1, 0.15) is 219 Å². The van der Waals surface area contributed by atoms with Crippen LogP contribution in [0.3, 0.4) is 0 Å². The number of aliphatic carboxylic acids is 1. The van der Waals surface area contributed by atoms with Crippen LogP contribution in [-0.2, 0) is 33.3 Å². The highest BCUT2D eigenvalue weighted by Crippen LogP contribution is 2.16. The molecule has 0 aliphatic rings. The fourth-order valence-electron chi connectivity index (χ4n) is 7.26. The first-order valence-corrected chi connectivity index (χ1v) is 27.1. The highest BCUT2D eigenvalue weighted by Gasteiger charge is 2.25. The van der Waals surface area contributed by atoms with Crippen LogP contribution in [0.5, 0.6) is 0 Å². The van der Waals surface area contributed by atoms with Crippen molar-refractivity contribution in [1.82, 2.24) is 0 Å². The quantitative estimate of drug-likeness (QED) is 0.0211. The highest BCUT2D eigenvalue weighted by molar-refractivity contribution is 5.71. The summed E-state index contributed by atoms with van der Waals surface area (Å²) in [7, 11) is 5.96. The number of carbonyl (C=O) groups is 3. The molecule has 0 spiro atoms. The number of hydrogen-bond donors (Lipinski definition) is 1. The van der Waals surface area contributed by atoms with Gasteiger partial charge in [-0.05, 0) is 77.0 Å². The summed E-state index contributed by atoms with van der Waals surface area (Å²) < 4.78 is 22.8. The topological polar surface area (TPSA) is 108 Å². The second kappa shape index (κ2) is 49.2. The van der Waals surface area contributed by atoms with Crippen LogP contribution in [0.4, 0.5) is 0 Å². The third-order valence-corrected chi connectivity index (χ3v) is 11.4. The van der Waals surface area contributed by atoms with Gasteiger partial charge in [-0.1, -0.05) is 202 Å². The van der Waals surface area contributed by atoms with Crippen LogP contribution in [0.15, 0.2) is 72.9 Å². The van der Waals surface area contributed by atoms with Gasteiger partial charge in [-0.2, -0.15) is 0 Å². The Labute approximate surface area is 411 Å². The number of likely N-dealkylation sites (N-methyl/N-ethyl adjacent to an activating group) is 1. The maximum atomic E-state index is 12.8. The molecule has 0 fully saturated rings. The van der Waals surface area contributed by atoms with Crippen LogP contribution in [0, 0.1) is 0 Å². The number of allylic oxidation sites excluding steroid dienone is 12. The van der Waals surface area contributed by atoms with Gasteiger partial charge in [0.1, 0.15) is 13.2 Å². The number of carboxylic acid groups (broad SMARTS) is 1. The SMILES string of the molecule is CC/C=C\C/C=C\C/C=C\C/C=C\C/C=C\CCCCCCCCCCCCCCCCCC(=O)OC(COC(=O)CCCCCCC/C=C\CCCC)COC(OCC[N+](C)(C)C)C(=O)O. The van der Waals surface area contributed by atoms with Crippen molar-refractivity contribution in [2.75, 3.05) is 47.5 Å². The van der Waals surface area contributed by atoms with Crippen molar-refractivity contribution in [1.29, 1.82) is 0 Å². The summed E-state index contributed by atoms with van der Waals surface area (Å²) in [5.41, 5.74) is 0. The van der Waals surface area contributed by atoms with E-state index >= 15 is 0 Å². The summed E-state index contributed by atoms with van der Waals surface area (Å²) in [6.07, 6.45) is 59.9. The molecule has 0 aromatic rings. The Morgan fingerprint density at radius 3 is 1.28 bits per heavy atom. The molecule has 0 aromatic carbocycles. The molecule has 2 unspecified atom stereocenters. The zero-order chi connectivity index (χ0) is 49.2. The molecule has 0 heterocycles. The average molecular weight is 941 g/mol. The number of rotatable bonds is 49. The standard InChI is InChI=1S/C58H101NO8/c1-6-8-10-12-14-16-18-19-20-21-22-23-24-25-26-27-28-29-30-31-32-33-34-35-36-37-39-41-43-45-47-49-56(61)67-54(53-66-58(57(62)63)64-51-50-59(3,4)5)52-65-55(60)48-46-44-42-40-38-17-15-13-11-9-7-2/h8,10,13-16,19-20,22-23,25-26,54,58H,6-7,9,11-12,17-18,21,24,27-53H2,1-5H3/p+1/b10-8-,15-13-,16-14-,20-19-,23-22-,26-25-. The summed E-state index contributed by atoms with van der Waals surface area (Å²) in [6, 6.07) is 0. The van der Waals surface area contributed by atoms with Gasteiger partial charge in [0.05, 0.1) is 34.4 Å². The van der Waals surface area contributed by atoms with E-state index in [0.29, 0.717) is 17.4 Å². The number of carboxylic acids is 1. The molecular formula is C58H102NO8+. The minimum Gasteiger partial charge on any atom is -0.477 e. The van der Waals surface area contributed by atoms with E-state index in [1.54, 1.807) is 0 Å². The van der Waals surface area contributed by atoms with Crippen LogP contribution in [0.25, 0.3) is 0 Å². The number of esters is 2. The first kappa shape index (κ1) is 63.7. The third-order valence-electron chi connectivity index (χ3n) is 11.4. The summed E-state index contributed by atoms with van der Waals surface area (Å²) in [6.45, 7) is 4.71. The monoisotopic (exact) mass is 941 g/mol. The van der Waals surface area contributed by atoms with Gasteiger partial charge in [-0.3, -0.25) is 9.59 Å². The summed E-state index contributed by atoms with van der Waals surface area (Å²) in [5, 5.41) is 9.66. The number of hydrogen-bond acceptors (Lipinski definition) is 7. The van der Waals surface area contributed by atoms with Gasteiger partial charge in [0, 0.05) is 12.8 Å². The zero-order valence-corrected chi connectivity index (χ0v) is 43.8. The van der Waals surface area contributed by atoms with E-state index in [0.717, 1.165) is 96.3 Å². The molecule has 0 saturated carbocycles. The summed E-state index contributed by atoms with van der Waals surface area (Å²) in [4.78, 5) is 37.2. The van der Waals surface area contributed by atoms with Gasteiger partial charge < -0.3 is 28.5 Å². The van der Waals surface area contributed by atoms with Gasteiger partial charge in [0.25, 0.3) is 6.29 Å². The molecule has 0 radical (unpaired) electrons. The molecule has 1 N–H and O–H groups in total. The van der Waals surface area contributed by atoms with E-state index in [-0.39, 0.29) is 32.2 Å². The predicted octanol–water partition coefficient (Wildman–Crippen LogP) is 15.5. The van der Waals surface area contributed by atoms with Gasteiger partial charge in [-0.25, -0.2) is 4.79 Å². The molecule has 0 rings (SSSR count). The van der Waals surface area contributed by atoms with Crippen molar-refractivity contribution in [3.05, 3.63) is 72.9 Å². The molecule has 0 aromatic heterocycles. The normalized spacial score (nSPS) is 13.4. The second-order valence-electron chi connectivity index (χ2n) is 19.2. The molecule has 386 valence electrons. The van der Waals surface area contributed by atoms with Crippen molar-refractivity contribution in [2.45, 2.75) is 232 Å². The van der Waals surface area contributed by atoms with Gasteiger partial charge >= 0.3 is 17.9 Å². The lowest BCUT2D eigenvalue weighted by Crippen LogP contribution is -2.40. The highest BCUT2D eigenvalue weighted by atomic mass is 16.7. The molecular weight excluding hydrogens is 839 g/mol. The Morgan fingerprint density at radius 1 is 0.463 bits per heavy atom. The van der Waals surface area contributed by atoms with Crippen molar-refractivity contribution in [3.8, 4) is 0 Å². The molecule has 0 bridgehead atoms. The van der Waals surface area contributed by atoms with E-state index in [2.05, 4.69) is 86.8 Å². The minimum atomic E-state index is -1.51. The minimum absolute atomic E-state index is 0.185. The molecule has 67 heavy (non-hydrogen) atoms. The summed E-state index contributed by atoms with van der Waals surface area (Å²) in [5.74, 6) is -2.02. The molecule has 0 aliphatic heterocycles. The lowest BCUT2D eigenvalue weighted by Gasteiger charge is -2.25. The molecule has 0 saturated heterocycles. The van der Waals surface area contributed by atoms with E-state index in [9.17, 15) is 19.5 Å². The van der Waals surface area contributed by atoms with Crippen LogP contribution in [0.2, 0.25) is 0 Å². The number of quaternary nitrogens is 1. The molecule has 9 nitrogen and oxygen atoms in total. The fourth-order valence-corrected chi connectivity index (χ4v) is 7.26. The number of carbonyl (C=O) groups excluding carboxylic acids is 2. The van der Waals surface area contributed by atoms with E-state index in [4.69, 9.17) is 18.9 Å². The molecule has 0 amide bonds. The van der Waals surface area contributed by atoms with Crippen molar-refractivity contribution < 1.29 is 42.9 Å². The summed E-state index contributed by atoms with van der Waals surface area (Å²) >= 11 is 0. The second-order valence-corrected chi connectivity index (χ2v) is 19.2. The molecule has 2 atom stereocenters. The Bertz CT molecular complexity index is 1330. The van der Waals surface area contributed by atoms with Gasteiger partial charge in [0.15, 0.2) is 6.10 Å². The third kappa shape index (κ3) is 50.4. The van der Waals surface area contributed by atoms with Crippen LogP contribution >= 0.6 is 0 Å². The first-order chi connectivity index (χ1) is 32.6. The van der Waals surface area contributed by atoms with Crippen LogP contribution < -0.4 is 0 Å². The lowest BCUT2D eigenvalue weighted by atomic mass is 10.0.